The molecule has 0 saturated heterocycles. The van der Waals surface area contributed by atoms with Gasteiger partial charge in [0.15, 0.2) is 0 Å². The molecule has 0 aliphatic rings. The van der Waals surface area contributed by atoms with Crippen LogP contribution in [0.4, 0.5) is 4.39 Å². The minimum Gasteiger partial charge on any atom is -0.493 e. The maximum absolute atomic E-state index is 13.4. The number of halogens is 2. The molecule has 112 valence electrons. The van der Waals surface area contributed by atoms with Crippen molar-refractivity contribution in [3.05, 3.63) is 63.9 Å². The summed E-state index contributed by atoms with van der Waals surface area (Å²) in [6, 6.07) is 13.0. The standard InChI is InChI=1S/C17H19BrFNO/c1-3-10-21-16-7-5-4-6-13(16)17(20-2)12-8-9-15(19)14(18)11-12/h4-9,11,17,20H,3,10H2,1-2H3. The van der Waals surface area contributed by atoms with Gasteiger partial charge in [0, 0.05) is 5.56 Å². The van der Waals surface area contributed by atoms with Gasteiger partial charge in [-0.25, -0.2) is 4.39 Å². The van der Waals surface area contributed by atoms with Crippen LogP contribution in [0.5, 0.6) is 5.75 Å². The third-order valence-electron chi connectivity index (χ3n) is 3.26. The van der Waals surface area contributed by atoms with Gasteiger partial charge in [-0.15, -0.1) is 0 Å². The molecule has 2 aromatic rings. The van der Waals surface area contributed by atoms with Crippen molar-refractivity contribution in [2.45, 2.75) is 19.4 Å². The van der Waals surface area contributed by atoms with E-state index in [4.69, 9.17) is 4.74 Å². The fourth-order valence-corrected chi connectivity index (χ4v) is 2.65. The van der Waals surface area contributed by atoms with E-state index in [1.165, 1.54) is 6.07 Å². The molecule has 1 N–H and O–H groups in total. The number of ether oxygens (including phenoxy) is 1. The first-order valence-corrected chi connectivity index (χ1v) is 7.80. The largest absolute Gasteiger partial charge is 0.493 e. The normalized spacial score (nSPS) is 12.2. The zero-order valence-electron chi connectivity index (χ0n) is 12.2. The van der Waals surface area contributed by atoms with Crippen molar-refractivity contribution in [1.82, 2.24) is 5.32 Å². The molecule has 4 heteroatoms. The molecular formula is C17H19BrFNO. The van der Waals surface area contributed by atoms with E-state index < -0.39 is 0 Å². The van der Waals surface area contributed by atoms with E-state index >= 15 is 0 Å². The van der Waals surface area contributed by atoms with Gasteiger partial charge in [-0.1, -0.05) is 31.2 Å². The number of hydrogen-bond acceptors (Lipinski definition) is 2. The second kappa shape index (κ2) is 7.57. The minimum absolute atomic E-state index is 0.0463. The van der Waals surface area contributed by atoms with Crippen LogP contribution in [-0.2, 0) is 0 Å². The van der Waals surface area contributed by atoms with Crippen LogP contribution in [0.25, 0.3) is 0 Å². The van der Waals surface area contributed by atoms with Gasteiger partial charge >= 0.3 is 0 Å². The van der Waals surface area contributed by atoms with Crippen LogP contribution in [-0.4, -0.2) is 13.7 Å². The van der Waals surface area contributed by atoms with Crippen molar-refractivity contribution in [1.29, 1.82) is 0 Å². The van der Waals surface area contributed by atoms with Crippen molar-refractivity contribution in [3.63, 3.8) is 0 Å². The Morgan fingerprint density at radius 3 is 2.67 bits per heavy atom. The van der Waals surface area contributed by atoms with Gasteiger partial charge < -0.3 is 10.1 Å². The lowest BCUT2D eigenvalue weighted by molar-refractivity contribution is 0.312. The second-order valence-corrected chi connectivity index (χ2v) is 5.64. The Balaban J connectivity index is 2.38. The van der Waals surface area contributed by atoms with Crippen molar-refractivity contribution in [3.8, 4) is 5.75 Å². The highest BCUT2D eigenvalue weighted by Crippen LogP contribution is 2.31. The summed E-state index contributed by atoms with van der Waals surface area (Å²) < 4.78 is 19.7. The van der Waals surface area contributed by atoms with Crippen molar-refractivity contribution in [2.24, 2.45) is 0 Å². The first kappa shape index (κ1) is 16.0. The topological polar surface area (TPSA) is 21.3 Å². The summed E-state index contributed by atoms with van der Waals surface area (Å²) in [6.45, 7) is 2.76. The maximum atomic E-state index is 13.4. The molecule has 0 saturated carbocycles. The Labute approximate surface area is 133 Å². The number of hydrogen-bond donors (Lipinski definition) is 1. The van der Waals surface area contributed by atoms with Gasteiger partial charge in [-0.05, 0) is 53.2 Å². The molecule has 1 unspecified atom stereocenters. The highest BCUT2D eigenvalue weighted by molar-refractivity contribution is 9.10. The van der Waals surface area contributed by atoms with Crippen LogP contribution < -0.4 is 10.1 Å². The SMILES string of the molecule is CCCOc1ccccc1C(NC)c1ccc(F)c(Br)c1. The molecule has 0 aromatic heterocycles. The Bertz CT molecular complexity index is 603. The summed E-state index contributed by atoms with van der Waals surface area (Å²) in [5, 5.41) is 3.27. The summed E-state index contributed by atoms with van der Waals surface area (Å²) in [5.41, 5.74) is 2.03. The van der Waals surface area contributed by atoms with E-state index in [0.717, 1.165) is 23.3 Å². The molecule has 0 heterocycles. The summed E-state index contributed by atoms with van der Waals surface area (Å²) in [7, 11) is 1.89. The Morgan fingerprint density at radius 2 is 2.00 bits per heavy atom. The van der Waals surface area contributed by atoms with E-state index in [0.29, 0.717) is 11.1 Å². The quantitative estimate of drug-likeness (QED) is 0.815. The smallest absolute Gasteiger partial charge is 0.137 e. The van der Waals surface area contributed by atoms with Crippen LogP contribution >= 0.6 is 15.9 Å². The molecule has 0 bridgehead atoms. The summed E-state index contributed by atoms with van der Waals surface area (Å²) in [4.78, 5) is 0. The zero-order valence-corrected chi connectivity index (χ0v) is 13.8. The third kappa shape index (κ3) is 3.83. The van der Waals surface area contributed by atoms with Crippen LogP contribution in [0.2, 0.25) is 0 Å². The van der Waals surface area contributed by atoms with E-state index in [2.05, 4.69) is 28.2 Å². The Hall–Kier alpha value is -1.39. The molecule has 1 atom stereocenters. The Morgan fingerprint density at radius 1 is 1.24 bits per heavy atom. The summed E-state index contributed by atoms with van der Waals surface area (Å²) >= 11 is 3.24. The molecule has 2 rings (SSSR count). The molecule has 0 spiro atoms. The first-order valence-electron chi connectivity index (χ1n) is 7.01. The van der Waals surface area contributed by atoms with Crippen molar-refractivity contribution >= 4 is 15.9 Å². The van der Waals surface area contributed by atoms with Crippen molar-refractivity contribution in [2.75, 3.05) is 13.7 Å². The van der Waals surface area contributed by atoms with Gasteiger partial charge in [-0.3, -0.25) is 0 Å². The molecule has 0 amide bonds. The van der Waals surface area contributed by atoms with Crippen molar-refractivity contribution < 1.29 is 9.13 Å². The van der Waals surface area contributed by atoms with Crippen LogP contribution in [0.15, 0.2) is 46.9 Å². The van der Waals surface area contributed by atoms with E-state index in [-0.39, 0.29) is 11.9 Å². The van der Waals surface area contributed by atoms with E-state index in [1.807, 2.05) is 31.3 Å². The zero-order chi connectivity index (χ0) is 15.2. The van der Waals surface area contributed by atoms with Crippen LogP contribution in [0, 0.1) is 5.82 Å². The van der Waals surface area contributed by atoms with Gasteiger partial charge in [-0.2, -0.15) is 0 Å². The Kier molecular flexibility index (Phi) is 5.76. The van der Waals surface area contributed by atoms with Crippen LogP contribution in [0.1, 0.15) is 30.5 Å². The molecule has 2 aromatic carbocycles. The lowest BCUT2D eigenvalue weighted by atomic mass is 9.98. The number of rotatable bonds is 6. The molecule has 21 heavy (non-hydrogen) atoms. The van der Waals surface area contributed by atoms with Gasteiger partial charge in [0.25, 0.3) is 0 Å². The lowest BCUT2D eigenvalue weighted by Gasteiger charge is -2.21. The molecule has 0 radical (unpaired) electrons. The monoisotopic (exact) mass is 351 g/mol. The summed E-state index contributed by atoms with van der Waals surface area (Å²) in [5.74, 6) is 0.600. The fraction of sp³-hybridized carbons (Fsp3) is 0.294. The predicted octanol–water partition coefficient (Wildman–Crippen LogP) is 4.69. The van der Waals surface area contributed by atoms with E-state index in [9.17, 15) is 4.39 Å². The molecule has 0 aliphatic heterocycles. The van der Waals surface area contributed by atoms with Gasteiger partial charge in [0.05, 0.1) is 17.1 Å². The molecular weight excluding hydrogens is 333 g/mol. The minimum atomic E-state index is -0.260. The highest BCUT2D eigenvalue weighted by Gasteiger charge is 2.17. The predicted molar refractivity (Wildman–Crippen MR) is 87.2 cm³/mol. The number of nitrogens with one attached hydrogen (secondary N) is 1. The van der Waals surface area contributed by atoms with Gasteiger partial charge in [0.1, 0.15) is 11.6 Å². The fourth-order valence-electron chi connectivity index (χ4n) is 2.26. The average molecular weight is 352 g/mol. The maximum Gasteiger partial charge on any atom is 0.137 e. The number of para-hydroxylation sites is 1. The molecule has 0 aliphatic carbocycles. The first-order chi connectivity index (χ1) is 10.2. The average Bonchev–Trinajstić information content (AvgIpc) is 2.50. The lowest BCUT2D eigenvalue weighted by Crippen LogP contribution is -2.19. The summed E-state index contributed by atoms with van der Waals surface area (Å²) in [6.07, 6.45) is 0.959. The number of benzene rings is 2. The van der Waals surface area contributed by atoms with Gasteiger partial charge in [0.2, 0.25) is 0 Å². The second-order valence-electron chi connectivity index (χ2n) is 4.78. The highest BCUT2D eigenvalue weighted by atomic mass is 79.9. The third-order valence-corrected chi connectivity index (χ3v) is 3.87. The van der Waals surface area contributed by atoms with Crippen LogP contribution in [0.3, 0.4) is 0 Å². The van der Waals surface area contributed by atoms with E-state index in [1.54, 1.807) is 12.1 Å². The molecule has 2 nitrogen and oxygen atoms in total. The molecule has 0 fully saturated rings.